The predicted octanol–water partition coefficient (Wildman–Crippen LogP) is 6.16. The molecule has 2 rings (SSSR count). The van der Waals surface area contributed by atoms with Crippen LogP contribution in [0, 0.1) is 27.9 Å². The van der Waals surface area contributed by atoms with Crippen LogP contribution < -0.4 is 5.19 Å². The number of hydrogen-bond donors (Lipinski definition) is 1. The molecule has 0 saturated carbocycles. The van der Waals surface area contributed by atoms with Crippen molar-refractivity contribution < 1.29 is 26.8 Å². The summed E-state index contributed by atoms with van der Waals surface area (Å²) in [6, 6.07) is 5.86. The fourth-order valence-corrected chi connectivity index (χ4v) is 4.61. The quantitative estimate of drug-likeness (QED) is 0.384. The third kappa shape index (κ3) is 16.0. The van der Waals surface area contributed by atoms with Crippen LogP contribution >= 0.6 is 24.8 Å². The van der Waals surface area contributed by atoms with Gasteiger partial charge in [-0.25, -0.2) is 11.3 Å². The molecule has 0 saturated heterocycles. The van der Waals surface area contributed by atoms with Gasteiger partial charge >= 0.3 is 21.7 Å². The van der Waals surface area contributed by atoms with Crippen LogP contribution in [0.25, 0.3) is 0 Å². The topological polar surface area (TPSA) is 20.2 Å². The first-order valence-electron chi connectivity index (χ1n) is 7.59. The standard InChI is InChI=1S/C10H16OSi.C8H13Si.2CH3.2ClH.Si.Ti/c1-8-5-9(11)7-10(6-8)12(2,3)4;1-9(2,3)8-6-4-5-7-8;;;;;;/h5-7,11H,1-4H3;4,6H,5H2,1-3H3;2*1H3;2*1H;;/q;3*-1;;;;+3. The molecule has 0 aliphatic heterocycles. The van der Waals surface area contributed by atoms with Gasteiger partial charge in [0.1, 0.15) is 5.75 Å². The van der Waals surface area contributed by atoms with E-state index in [-0.39, 0.29) is 72.4 Å². The van der Waals surface area contributed by atoms with Gasteiger partial charge in [-0.2, -0.15) is 6.08 Å². The Bertz CT molecular complexity index is 543. The molecule has 0 aromatic heterocycles. The minimum Gasteiger partial charge on any atom is -0.508 e. The van der Waals surface area contributed by atoms with E-state index in [4.69, 9.17) is 0 Å². The molecule has 1 nitrogen and oxygen atoms in total. The SMILES string of the molecule is C[Si](C)(C)C1=[C-]CC=C1.Cc1cc(O)cc([Si](C)(C)C)c1.Cl.Cl.[CH3-].[CH3-].[Si].[Ti+3]. The molecule has 153 valence electrons. The molecular weight excluding hydrogens is 459 g/mol. The number of hydrogen-bond acceptors (Lipinski definition) is 1. The number of phenolic OH excluding ortho intramolecular Hbond substituents is 1. The maximum absolute atomic E-state index is 9.38. The van der Waals surface area contributed by atoms with E-state index >= 15 is 0 Å². The molecule has 1 aliphatic rings. The van der Waals surface area contributed by atoms with Crippen LogP contribution in [0.15, 0.2) is 35.5 Å². The molecule has 0 spiro atoms. The Kier molecular flexibility index (Phi) is 26.8. The van der Waals surface area contributed by atoms with Crippen LogP contribution in [-0.4, -0.2) is 32.2 Å². The predicted molar refractivity (Wildman–Crippen MR) is 133 cm³/mol. The first-order valence-corrected chi connectivity index (χ1v) is 14.6. The molecule has 0 atom stereocenters. The third-order valence-electron chi connectivity index (χ3n) is 3.43. The maximum atomic E-state index is 9.38. The average molecular weight is 497 g/mol. The zero-order valence-electron chi connectivity index (χ0n) is 18.4. The number of rotatable bonds is 2. The normalized spacial score (nSPS) is 11.3. The molecule has 0 unspecified atom stereocenters. The molecule has 5 radical (unpaired) electrons. The van der Waals surface area contributed by atoms with Crippen LogP contribution in [0.1, 0.15) is 12.0 Å². The summed E-state index contributed by atoms with van der Waals surface area (Å²) >= 11 is 0. The van der Waals surface area contributed by atoms with Crippen LogP contribution in [0.4, 0.5) is 0 Å². The van der Waals surface area contributed by atoms with Gasteiger partial charge in [0.2, 0.25) is 0 Å². The zero-order chi connectivity index (χ0) is 16.3. The summed E-state index contributed by atoms with van der Waals surface area (Å²) < 4.78 is 0. The van der Waals surface area contributed by atoms with E-state index < -0.39 is 16.1 Å². The number of benzene rings is 1. The van der Waals surface area contributed by atoms with Crippen molar-refractivity contribution in [2.24, 2.45) is 0 Å². The van der Waals surface area contributed by atoms with Crippen molar-refractivity contribution in [2.45, 2.75) is 52.6 Å². The van der Waals surface area contributed by atoms with E-state index in [1.165, 1.54) is 10.4 Å². The fourth-order valence-electron chi connectivity index (χ4n) is 2.12. The maximum Gasteiger partial charge on any atom is 3.00 e. The van der Waals surface area contributed by atoms with Gasteiger partial charge in [-0.1, -0.05) is 50.5 Å². The number of phenols is 1. The molecule has 0 fully saturated rings. The molecule has 27 heavy (non-hydrogen) atoms. The molecule has 1 aliphatic carbocycles. The number of aromatic hydroxyl groups is 1. The molecule has 7 heteroatoms. The number of aryl methyl sites for hydroxylation is 1. The van der Waals surface area contributed by atoms with E-state index in [0.717, 1.165) is 12.0 Å². The number of allylic oxidation sites excluding steroid dienone is 4. The van der Waals surface area contributed by atoms with Gasteiger partial charge in [-0.15, -0.1) is 31.2 Å². The summed E-state index contributed by atoms with van der Waals surface area (Å²) in [6.07, 6.45) is 8.82. The first kappa shape index (κ1) is 41.7. The second-order valence-electron chi connectivity index (χ2n) is 7.75. The van der Waals surface area contributed by atoms with Crippen molar-refractivity contribution in [2.75, 3.05) is 0 Å². The Balaban J connectivity index is -0.0000000682. The number of halogens is 2. The Labute approximate surface area is 203 Å². The molecule has 0 heterocycles. The van der Waals surface area contributed by atoms with Crippen LogP contribution in [0.3, 0.4) is 0 Å². The Morgan fingerprint density at radius 1 is 0.889 bits per heavy atom. The average Bonchev–Trinajstić information content (AvgIpc) is 2.79. The first-order chi connectivity index (χ1) is 9.50. The Morgan fingerprint density at radius 3 is 1.63 bits per heavy atom. The van der Waals surface area contributed by atoms with Crippen molar-refractivity contribution in [3.63, 3.8) is 0 Å². The third-order valence-corrected chi connectivity index (χ3v) is 7.41. The van der Waals surface area contributed by atoms with E-state index in [2.05, 4.69) is 63.6 Å². The van der Waals surface area contributed by atoms with Gasteiger partial charge in [-0.05, 0) is 24.6 Å². The van der Waals surface area contributed by atoms with E-state index in [1.807, 2.05) is 13.0 Å². The van der Waals surface area contributed by atoms with Crippen molar-refractivity contribution in [3.8, 4) is 5.75 Å². The molecule has 0 bridgehead atoms. The van der Waals surface area contributed by atoms with E-state index in [0.29, 0.717) is 5.75 Å². The van der Waals surface area contributed by atoms with Crippen molar-refractivity contribution in [3.05, 3.63) is 62.0 Å². The van der Waals surface area contributed by atoms with Gasteiger partial charge in [0.25, 0.3) is 0 Å². The summed E-state index contributed by atoms with van der Waals surface area (Å²) in [6.45, 7) is 15.9. The van der Waals surface area contributed by atoms with E-state index in [9.17, 15) is 5.11 Å². The van der Waals surface area contributed by atoms with Gasteiger partial charge in [0.15, 0.2) is 0 Å². The summed E-state index contributed by atoms with van der Waals surface area (Å²) in [5.74, 6) is 0.396. The summed E-state index contributed by atoms with van der Waals surface area (Å²) in [5, 5.41) is 12.2. The van der Waals surface area contributed by atoms with Gasteiger partial charge in [-0.3, -0.25) is 6.08 Å². The molecule has 1 N–H and O–H groups in total. The zero-order valence-corrected chi connectivity index (χ0v) is 24.6. The smallest absolute Gasteiger partial charge is 0.508 e. The summed E-state index contributed by atoms with van der Waals surface area (Å²) in [4.78, 5) is 0. The second-order valence-corrected chi connectivity index (χ2v) is 17.9. The molecule has 1 aromatic carbocycles. The summed E-state index contributed by atoms with van der Waals surface area (Å²) in [7, 11) is -2.26. The van der Waals surface area contributed by atoms with Crippen molar-refractivity contribution >= 4 is 57.1 Å². The molecule has 1 aromatic rings. The molecular formula is C20H37Cl2OSi3Ti. The minimum absolute atomic E-state index is 0. The fraction of sp³-hybridized carbons (Fsp3) is 0.400. The van der Waals surface area contributed by atoms with Crippen LogP contribution in [0.5, 0.6) is 5.75 Å². The van der Waals surface area contributed by atoms with Gasteiger partial charge in [0, 0.05) is 19.0 Å². The Morgan fingerprint density at radius 2 is 1.37 bits per heavy atom. The monoisotopic (exact) mass is 495 g/mol. The van der Waals surface area contributed by atoms with Gasteiger partial charge < -0.3 is 20.0 Å². The van der Waals surface area contributed by atoms with Crippen molar-refractivity contribution in [1.82, 2.24) is 0 Å². The Hall–Kier alpha value is 0.445. The second kappa shape index (κ2) is 17.3. The van der Waals surface area contributed by atoms with Crippen molar-refractivity contribution in [1.29, 1.82) is 0 Å². The minimum atomic E-state index is -1.26. The largest absolute Gasteiger partial charge is 3.00 e. The molecule has 0 amide bonds. The van der Waals surface area contributed by atoms with Crippen LogP contribution in [0.2, 0.25) is 39.3 Å². The van der Waals surface area contributed by atoms with E-state index in [1.54, 1.807) is 6.07 Å². The van der Waals surface area contributed by atoms with Gasteiger partial charge in [0.05, 0.1) is 8.07 Å². The van der Waals surface area contributed by atoms with Crippen LogP contribution in [-0.2, 0) is 21.7 Å². The summed E-state index contributed by atoms with van der Waals surface area (Å²) in [5.41, 5.74) is 1.15.